The van der Waals surface area contributed by atoms with Crippen LogP contribution in [0.25, 0.3) is 21.0 Å². The van der Waals surface area contributed by atoms with Crippen LogP contribution >= 0.6 is 11.3 Å². The Bertz CT molecular complexity index is 1410. The fourth-order valence-electron chi connectivity index (χ4n) is 3.90. The van der Waals surface area contributed by atoms with Crippen molar-refractivity contribution in [3.8, 4) is 21.0 Å². The normalized spacial score (nSPS) is 15.1. The van der Waals surface area contributed by atoms with Gasteiger partial charge in [-0.3, -0.25) is 5.32 Å². The number of aromatic nitrogens is 1. The van der Waals surface area contributed by atoms with Crippen molar-refractivity contribution in [3.63, 3.8) is 0 Å². The molecule has 1 aliphatic heterocycles. The Morgan fingerprint density at radius 3 is 2.34 bits per heavy atom. The Morgan fingerprint density at radius 2 is 1.76 bits per heavy atom. The minimum absolute atomic E-state index is 0.180. The van der Waals surface area contributed by atoms with E-state index in [2.05, 4.69) is 20.3 Å². The van der Waals surface area contributed by atoms with Gasteiger partial charge in [0.05, 0.1) is 34.6 Å². The van der Waals surface area contributed by atoms with E-state index in [1.165, 1.54) is 11.3 Å². The average molecular weight is 559 g/mol. The lowest BCUT2D eigenvalue weighted by Gasteiger charge is -2.39. The number of hydrogen-bond donors (Lipinski definition) is 3. The number of anilines is 2. The van der Waals surface area contributed by atoms with Crippen molar-refractivity contribution in [2.24, 2.45) is 0 Å². The Hall–Kier alpha value is -2.99. The number of hydrogen-bond acceptors (Lipinski definition) is 8. The molecule has 1 amide bonds. The highest BCUT2D eigenvalue weighted by Gasteiger charge is 2.34. The molecule has 1 fully saturated rings. The topological polar surface area (TPSA) is 119 Å². The minimum atomic E-state index is -3.84. The van der Waals surface area contributed by atoms with Gasteiger partial charge < -0.3 is 14.8 Å². The summed E-state index contributed by atoms with van der Waals surface area (Å²) in [5.41, 5.74) is 1.84. The number of benzene rings is 2. The van der Waals surface area contributed by atoms with Gasteiger partial charge in [0.2, 0.25) is 10.0 Å². The summed E-state index contributed by atoms with van der Waals surface area (Å²) in [6, 6.07) is 12.6. The fourth-order valence-corrected chi connectivity index (χ4v) is 6.59. The summed E-state index contributed by atoms with van der Waals surface area (Å²) in [5.74, 6) is 0. The number of rotatable bonds is 8. The van der Waals surface area contributed by atoms with E-state index in [1.54, 1.807) is 38.2 Å². The van der Waals surface area contributed by atoms with Gasteiger partial charge >= 0.3 is 6.09 Å². The molecular weight excluding hydrogens is 524 g/mol. The Morgan fingerprint density at radius 1 is 1.11 bits per heavy atom. The van der Waals surface area contributed by atoms with Crippen molar-refractivity contribution in [2.75, 3.05) is 23.8 Å². The molecule has 38 heavy (non-hydrogen) atoms. The molecule has 11 heteroatoms. The van der Waals surface area contributed by atoms with E-state index < -0.39 is 21.7 Å². The first-order valence-corrected chi connectivity index (χ1v) is 14.6. The van der Waals surface area contributed by atoms with E-state index in [4.69, 9.17) is 9.47 Å². The number of amides is 1. The first kappa shape index (κ1) is 28.0. The van der Waals surface area contributed by atoms with E-state index in [0.29, 0.717) is 30.2 Å². The number of carbonyl (C=O) groups excluding carboxylic acids is 1. The van der Waals surface area contributed by atoms with Crippen LogP contribution in [-0.2, 0) is 19.5 Å². The second-order valence-electron chi connectivity index (χ2n) is 10.9. The third-order valence-electron chi connectivity index (χ3n) is 5.49. The molecule has 0 radical (unpaired) electrons. The molecule has 1 saturated heterocycles. The van der Waals surface area contributed by atoms with Crippen LogP contribution in [0.5, 0.6) is 0 Å². The van der Waals surface area contributed by atoms with Crippen LogP contribution in [0.3, 0.4) is 0 Å². The summed E-state index contributed by atoms with van der Waals surface area (Å²) in [6.07, 6.45) is 0.959. The summed E-state index contributed by atoms with van der Waals surface area (Å²) in [7, 11) is -3.84. The molecule has 3 N–H and O–H groups in total. The smallest absolute Gasteiger partial charge is 0.411 e. The summed E-state index contributed by atoms with van der Waals surface area (Å²) in [6.45, 7) is 12.2. The average Bonchev–Trinajstić information content (AvgIpc) is 3.26. The van der Waals surface area contributed by atoms with Crippen molar-refractivity contribution in [3.05, 3.63) is 48.7 Å². The van der Waals surface area contributed by atoms with Gasteiger partial charge in [-0.2, -0.15) is 0 Å². The molecule has 4 rings (SSSR count). The number of nitrogens with zero attached hydrogens (tertiary/aromatic N) is 1. The highest BCUT2D eigenvalue weighted by atomic mass is 32.2. The molecule has 9 nitrogen and oxygen atoms in total. The number of ether oxygens (including phenoxy) is 2. The largest absolute Gasteiger partial charge is 0.447 e. The van der Waals surface area contributed by atoms with Gasteiger partial charge in [-0.05, 0) is 77.9 Å². The zero-order chi connectivity index (χ0) is 27.7. The molecule has 0 saturated carbocycles. The molecule has 1 aromatic heterocycles. The third-order valence-corrected chi connectivity index (χ3v) is 8.37. The minimum Gasteiger partial charge on any atom is -0.447 e. The van der Waals surface area contributed by atoms with Gasteiger partial charge in [-0.25, -0.2) is 22.9 Å². The summed E-state index contributed by atoms with van der Waals surface area (Å²) >= 11 is 1.39. The Balaban J connectivity index is 1.63. The quantitative estimate of drug-likeness (QED) is 0.324. The van der Waals surface area contributed by atoms with E-state index in [9.17, 15) is 13.2 Å². The van der Waals surface area contributed by atoms with Crippen molar-refractivity contribution >= 4 is 38.8 Å². The monoisotopic (exact) mass is 558 g/mol. The van der Waals surface area contributed by atoms with Gasteiger partial charge in [0, 0.05) is 34.2 Å². The van der Waals surface area contributed by atoms with Gasteiger partial charge in [0.1, 0.15) is 5.01 Å². The molecule has 3 aromatic rings. The summed E-state index contributed by atoms with van der Waals surface area (Å²) < 4.78 is 40.2. The van der Waals surface area contributed by atoms with Gasteiger partial charge in [-0.15, -0.1) is 11.3 Å². The fraction of sp³-hybridized carbons (Fsp3) is 0.407. The molecule has 0 bridgehead atoms. The zero-order valence-electron chi connectivity index (χ0n) is 22.4. The van der Waals surface area contributed by atoms with Crippen LogP contribution in [0.15, 0.2) is 53.6 Å². The second kappa shape index (κ2) is 10.6. The Labute approximate surface area is 228 Å². The molecule has 2 heterocycles. The van der Waals surface area contributed by atoms with Crippen LogP contribution in [0, 0.1) is 0 Å². The number of carbonyl (C=O) groups is 1. The molecular formula is C27H34N4O5S2. The maximum absolute atomic E-state index is 13.5. The summed E-state index contributed by atoms with van der Waals surface area (Å²) in [5, 5.41) is 6.82. The SMILES string of the molecule is CC(C)OC(=O)Nc1ccc(-c2ncc(-c3ccc(NC4(C)COC4)cc3S(=O)(=O)NC(C)(C)C)s2)cc1. The number of thiazole rings is 1. The van der Waals surface area contributed by atoms with Gasteiger partial charge in [0.25, 0.3) is 0 Å². The van der Waals surface area contributed by atoms with E-state index in [1.807, 2.05) is 52.0 Å². The standard InChI is InChI=1S/C27H34N4O5S2/c1-17(2)36-25(32)29-19-9-7-18(8-10-19)24-28-14-22(37-24)21-12-11-20(30-27(6)15-35-16-27)13-23(21)38(33,34)31-26(3,4)5/h7-14,17,30-31H,15-16H2,1-6H3,(H,29,32). The molecule has 0 spiro atoms. The second-order valence-corrected chi connectivity index (χ2v) is 13.6. The van der Waals surface area contributed by atoms with Crippen LogP contribution in [0.4, 0.5) is 16.2 Å². The van der Waals surface area contributed by atoms with Gasteiger partial charge in [0.15, 0.2) is 0 Å². The van der Waals surface area contributed by atoms with E-state index in [0.717, 1.165) is 15.4 Å². The maximum Gasteiger partial charge on any atom is 0.411 e. The molecule has 0 atom stereocenters. The number of sulfonamides is 1. The molecule has 2 aromatic carbocycles. The van der Waals surface area contributed by atoms with Crippen LogP contribution in [-0.4, -0.2) is 49.9 Å². The maximum atomic E-state index is 13.5. The molecule has 1 aliphatic rings. The van der Waals surface area contributed by atoms with Crippen LogP contribution < -0.4 is 15.4 Å². The van der Waals surface area contributed by atoms with Crippen LogP contribution in [0.2, 0.25) is 0 Å². The molecule has 204 valence electrons. The van der Waals surface area contributed by atoms with Gasteiger partial charge in [-0.1, -0.05) is 6.07 Å². The third kappa shape index (κ3) is 6.90. The first-order valence-electron chi connectivity index (χ1n) is 12.3. The molecule has 0 aliphatic carbocycles. The highest BCUT2D eigenvalue weighted by Crippen LogP contribution is 2.38. The Kier molecular flexibility index (Phi) is 7.85. The molecule has 0 unspecified atom stereocenters. The van der Waals surface area contributed by atoms with Crippen LogP contribution in [0.1, 0.15) is 41.5 Å². The lowest BCUT2D eigenvalue weighted by molar-refractivity contribution is -0.0318. The summed E-state index contributed by atoms with van der Waals surface area (Å²) in [4.78, 5) is 17.3. The lowest BCUT2D eigenvalue weighted by Crippen LogP contribution is -2.53. The first-order chi connectivity index (χ1) is 17.7. The number of nitrogens with one attached hydrogen (secondary N) is 3. The predicted octanol–water partition coefficient (Wildman–Crippen LogP) is 5.71. The predicted molar refractivity (Wildman–Crippen MR) is 151 cm³/mol. The van der Waals surface area contributed by atoms with E-state index in [-0.39, 0.29) is 16.5 Å². The zero-order valence-corrected chi connectivity index (χ0v) is 24.0. The van der Waals surface area contributed by atoms with Crippen molar-refractivity contribution in [2.45, 2.75) is 63.6 Å². The van der Waals surface area contributed by atoms with E-state index >= 15 is 0 Å². The lowest BCUT2D eigenvalue weighted by atomic mass is 10.00. The van der Waals surface area contributed by atoms with Crippen molar-refractivity contribution < 1.29 is 22.7 Å². The van der Waals surface area contributed by atoms with Crippen molar-refractivity contribution in [1.29, 1.82) is 0 Å². The van der Waals surface area contributed by atoms with Crippen molar-refractivity contribution in [1.82, 2.24) is 9.71 Å². The highest BCUT2D eigenvalue weighted by molar-refractivity contribution is 7.89.